The standard InChI is InChI=1S/C18H34O7Si/c1-16(2,3)26(8,9)25-11-10-18(20,15(19)22-7)14(21-6)13-12(11)23-17(4,5)24-13/h11-14,20H,10H2,1-9H3/t11-,12-,13-,14+,18-/m0/s1. The summed E-state index contributed by atoms with van der Waals surface area (Å²) in [5, 5.41) is 11.2. The van der Waals surface area contributed by atoms with Crippen LogP contribution in [0.15, 0.2) is 0 Å². The third-order valence-corrected chi connectivity index (χ3v) is 10.4. The molecule has 1 saturated heterocycles. The fourth-order valence-electron chi connectivity index (χ4n) is 3.52. The quantitative estimate of drug-likeness (QED) is 0.582. The second-order valence-corrected chi connectivity index (χ2v) is 14.0. The van der Waals surface area contributed by atoms with Gasteiger partial charge >= 0.3 is 5.97 Å². The highest BCUT2D eigenvalue weighted by atomic mass is 28.4. The molecule has 152 valence electrons. The molecule has 0 bridgehead atoms. The number of esters is 1. The van der Waals surface area contributed by atoms with Crippen LogP contribution in [0, 0.1) is 0 Å². The first kappa shape index (κ1) is 21.8. The Bertz CT molecular complexity index is 542. The number of fused-ring (bicyclic) bond motifs is 1. The number of methoxy groups -OCH3 is 2. The predicted molar refractivity (Wildman–Crippen MR) is 98.3 cm³/mol. The average Bonchev–Trinajstić information content (AvgIpc) is 2.80. The van der Waals surface area contributed by atoms with Crippen molar-refractivity contribution in [2.75, 3.05) is 14.2 Å². The Morgan fingerprint density at radius 1 is 1.15 bits per heavy atom. The zero-order valence-electron chi connectivity index (χ0n) is 17.4. The topological polar surface area (TPSA) is 83.5 Å². The van der Waals surface area contributed by atoms with Crippen LogP contribution in [0.4, 0.5) is 0 Å². The highest BCUT2D eigenvalue weighted by molar-refractivity contribution is 6.74. The normalized spacial score (nSPS) is 37.3. The molecular weight excluding hydrogens is 356 g/mol. The Labute approximate surface area is 157 Å². The van der Waals surface area contributed by atoms with Crippen LogP contribution in [-0.2, 0) is 28.2 Å². The first-order chi connectivity index (χ1) is 11.7. The molecule has 0 spiro atoms. The molecule has 2 aliphatic rings. The fraction of sp³-hybridized carbons (Fsp3) is 0.944. The van der Waals surface area contributed by atoms with Crippen molar-refractivity contribution in [2.24, 2.45) is 0 Å². The molecular formula is C18H34O7Si. The molecule has 5 atom stereocenters. The summed E-state index contributed by atoms with van der Waals surface area (Å²) in [5.74, 6) is -1.61. The highest BCUT2D eigenvalue weighted by Crippen LogP contribution is 2.46. The fourth-order valence-corrected chi connectivity index (χ4v) is 4.85. The van der Waals surface area contributed by atoms with Gasteiger partial charge in [0.2, 0.25) is 0 Å². The van der Waals surface area contributed by atoms with E-state index >= 15 is 0 Å². The summed E-state index contributed by atoms with van der Waals surface area (Å²) in [6, 6.07) is 0. The molecule has 1 N–H and O–H groups in total. The van der Waals surface area contributed by atoms with E-state index in [0.717, 1.165) is 0 Å². The van der Waals surface area contributed by atoms with Gasteiger partial charge < -0.3 is 28.5 Å². The minimum absolute atomic E-state index is 0.0288. The van der Waals surface area contributed by atoms with E-state index in [9.17, 15) is 9.90 Å². The van der Waals surface area contributed by atoms with E-state index in [-0.39, 0.29) is 11.5 Å². The lowest BCUT2D eigenvalue weighted by molar-refractivity contribution is -0.216. The number of hydrogen-bond donors (Lipinski definition) is 1. The van der Waals surface area contributed by atoms with Crippen molar-refractivity contribution in [2.45, 2.75) is 95.0 Å². The largest absolute Gasteiger partial charge is 0.467 e. The zero-order chi connectivity index (χ0) is 20.1. The average molecular weight is 391 g/mol. The molecule has 0 radical (unpaired) electrons. The lowest BCUT2D eigenvalue weighted by atomic mass is 9.77. The van der Waals surface area contributed by atoms with Crippen LogP contribution >= 0.6 is 0 Å². The van der Waals surface area contributed by atoms with Gasteiger partial charge in [-0.15, -0.1) is 0 Å². The van der Waals surface area contributed by atoms with Crippen LogP contribution in [0.5, 0.6) is 0 Å². The SMILES string of the molecule is COC(=O)[C@]1(O)C[C@H](O[Si](C)(C)C(C)(C)C)[C@@H]2OC(C)(C)O[C@@H]2[C@H]1OC. The molecule has 0 aromatic rings. The summed E-state index contributed by atoms with van der Waals surface area (Å²) in [6.07, 6.45) is -2.44. The Morgan fingerprint density at radius 2 is 1.69 bits per heavy atom. The monoisotopic (exact) mass is 390 g/mol. The molecule has 2 fully saturated rings. The Hall–Kier alpha value is -0.513. The molecule has 1 saturated carbocycles. The zero-order valence-corrected chi connectivity index (χ0v) is 18.4. The van der Waals surface area contributed by atoms with Crippen LogP contribution in [0.2, 0.25) is 18.1 Å². The van der Waals surface area contributed by atoms with Crippen molar-refractivity contribution in [3.05, 3.63) is 0 Å². The maximum absolute atomic E-state index is 12.4. The van der Waals surface area contributed by atoms with Crippen LogP contribution < -0.4 is 0 Å². The van der Waals surface area contributed by atoms with Crippen molar-refractivity contribution < 1.29 is 33.3 Å². The summed E-state index contributed by atoms with van der Waals surface area (Å²) >= 11 is 0. The number of ether oxygens (including phenoxy) is 4. The third-order valence-electron chi connectivity index (χ3n) is 5.86. The van der Waals surface area contributed by atoms with E-state index in [1.54, 1.807) is 13.8 Å². The van der Waals surface area contributed by atoms with Gasteiger partial charge in [0.05, 0.1) is 13.2 Å². The van der Waals surface area contributed by atoms with Crippen molar-refractivity contribution in [3.63, 3.8) is 0 Å². The van der Waals surface area contributed by atoms with E-state index < -0.39 is 50.1 Å². The summed E-state index contributed by atoms with van der Waals surface area (Å²) < 4.78 is 29.0. The van der Waals surface area contributed by atoms with E-state index in [1.165, 1.54) is 14.2 Å². The van der Waals surface area contributed by atoms with E-state index in [0.29, 0.717) is 0 Å². The molecule has 26 heavy (non-hydrogen) atoms. The van der Waals surface area contributed by atoms with Crippen LogP contribution in [0.3, 0.4) is 0 Å². The van der Waals surface area contributed by atoms with Gasteiger partial charge in [0.25, 0.3) is 0 Å². The molecule has 1 aliphatic carbocycles. The number of carbonyl (C=O) groups excluding carboxylic acids is 1. The summed E-state index contributed by atoms with van der Waals surface area (Å²) in [5.41, 5.74) is -1.86. The predicted octanol–water partition coefficient (Wildman–Crippen LogP) is 2.22. The summed E-state index contributed by atoms with van der Waals surface area (Å²) in [6.45, 7) is 14.3. The lowest BCUT2D eigenvalue weighted by Gasteiger charge is -2.48. The molecule has 1 heterocycles. The van der Waals surface area contributed by atoms with Gasteiger partial charge in [0.15, 0.2) is 19.7 Å². The smallest absolute Gasteiger partial charge is 0.340 e. The van der Waals surface area contributed by atoms with Crippen molar-refractivity contribution in [3.8, 4) is 0 Å². The molecule has 0 amide bonds. The van der Waals surface area contributed by atoms with Gasteiger partial charge in [0, 0.05) is 13.5 Å². The maximum atomic E-state index is 12.4. The van der Waals surface area contributed by atoms with Crippen LogP contribution in [-0.4, -0.2) is 69.4 Å². The highest BCUT2D eigenvalue weighted by Gasteiger charge is 2.64. The number of carbonyl (C=O) groups is 1. The Kier molecular flexibility index (Phi) is 5.72. The molecule has 2 rings (SSSR count). The maximum Gasteiger partial charge on any atom is 0.340 e. The van der Waals surface area contributed by atoms with Gasteiger partial charge in [-0.05, 0) is 32.0 Å². The van der Waals surface area contributed by atoms with E-state index in [1.807, 2.05) is 0 Å². The van der Waals surface area contributed by atoms with Crippen molar-refractivity contribution in [1.29, 1.82) is 0 Å². The van der Waals surface area contributed by atoms with E-state index in [4.69, 9.17) is 23.4 Å². The first-order valence-electron chi connectivity index (χ1n) is 9.05. The number of hydrogen-bond acceptors (Lipinski definition) is 7. The second kappa shape index (κ2) is 6.83. The number of aliphatic hydroxyl groups is 1. The molecule has 1 aliphatic heterocycles. The van der Waals surface area contributed by atoms with Gasteiger partial charge in [0.1, 0.15) is 18.3 Å². The molecule has 8 heteroatoms. The van der Waals surface area contributed by atoms with Crippen molar-refractivity contribution >= 4 is 14.3 Å². The van der Waals surface area contributed by atoms with E-state index in [2.05, 4.69) is 33.9 Å². The van der Waals surface area contributed by atoms with Gasteiger partial charge in [-0.25, -0.2) is 4.79 Å². The molecule has 0 unspecified atom stereocenters. The Morgan fingerprint density at radius 3 is 2.15 bits per heavy atom. The first-order valence-corrected chi connectivity index (χ1v) is 12.0. The van der Waals surface area contributed by atoms with Gasteiger partial charge in [-0.2, -0.15) is 0 Å². The Balaban J connectivity index is 2.43. The van der Waals surface area contributed by atoms with Crippen molar-refractivity contribution in [1.82, 2.24) is 0 Å². The summed E-state index contributed by atoms with van der Waals surface area (Å²) in [4.78, 5) is 12.4. The second-order valence-electron chi connectivity index (χ2n) is 9.26. The van der Waals surface area contributed by atoms with Gasteiger partial charge in [-0.3, -0.25) is 0 Å². The molecule has 0 aromatic heterocycles. The van der Waals surface area contributed by atoms with Crippen LogP contribution in [0.25, 0.3) is 0 Å². The molecule has 7 nitrogen and oxygen atoms in total. The summed E-state index contributed by atoms with van der Waals surface area (Å²) in [7, 11) is 0.515. The lowest BCUT2D eigenvalue weighted by Crippen LogP contribution is -2.67. The number of rotatable bonds is 4. The minimum atomic E-state index is -2.18. The minimum Gasteiger partial charge on any atom is -0.467 e. The van der Waals surface area contributed by atoms with Crippen LogP contribution in [0.1, 0.15) is 41.0 Å². The van der Waals surface area contributed by atoms with Gasteiger partial charge in [-0.1, -0.05) is 20.8 Å². The third kappa shape index (κ3) is 3.72. The molecule has 0 aromatic carbocycles.